The van der Waals surface area contributed by atoms with Crippen LogP contribution in [0.3, 0.4) is 0 Å². The van der Waals surface area contributed by atoms with E-state index >= 15 is 0 Å². The number of carbonyl (C=O) groups is 3. The summed E-state index contributed by atoms with van der Waals surface area (Å²) in [6, 6.07) is 0. The number of fused-ring (bicyclic) bond motifs is 5. The maximum atomic E-state index is 12.7. The fraction of sp³-hybridized carbons (Fsp3) is 0.696. The average Bonchev–Trinajstić information content (AvgIpc) is 2.90. The lowest BCUT2D eigenvalue weighted by atomic mass is 9.48. The van der Waals surface area contributed by atoms with Gasteiger partial charge in [0, 0.05) is 23.8 Å². The van der Waals surface area contributed by atoms with Crippen LogP contribution in [0.4, 0.5) is 0 Å². The molecule has 0 bridgehead atoms. The lowest BCUT2D eigenvalue weighted by molar-refractivity contribution is -0.185. The molecular formula is C23H29ClO4. The smallest absolute Gasteiger partial charge is 0.303 e. The highest BCUT2D eigenvalue weighted by molar-refractivity contribution is 6.32. The highest BCUT2D eigenvalue weighted by atomic mass is 35.5. The Morgan fingerprint density at radius 3 is 2.43 bits per heavy atom. The van der Waals surface area contributed by atoms with Gasteiger partial charge in [0.25, 0.3) is 0 Å². The van der Waals surface area contributed by atoms with Crippen molar-refractivity contribution < 1.29 is 19.1 Å². The van der Waals surface area contributed by atoms with Crippen LogP contribution in [-0.4, -0.2) is 23.1 Å². The molecule has 0 heterocycles. The van der Waals surface area contributed by atoms with Crippen molar-refractivity contribution in [3.63, 3.8) is 0 Å². The van der Waals surface area contributed by atoms with Gasteiger partial charge in [0.2, 0.25) is 0 Å². The number of esters is 1. The molecule has 2 saturated carbocycles. The van der Waals surface area contributed by atoms with Crippen LogP contribution in [0.1, 0.15) is 66.2 Å². The summed E-state index contributed by atoms with van der Waals surface area (Å²) >= 11 is 6.71. The van der Waals surface area contributed by atoms with Crippen LogP contribution < -0.4 is 0 Å². The van der Waals surface area contributed by atoms with Gasteiger partial charge in [0.05, 0.1) is 0 Å². The zero-order valence-corrected chi connectivity index (χ0v) is 17.9. The van der Waals surface area contributed by atoms with Gasteiger partial charge < -0.3 is 4.74 Å². The molecule has 6 atom stereocenters. The zero-order valence-electron chi connectivity index (χ0n) is 17.1. The molecule has 2 fully saturated rings. The lowest BCUT2D eigenvalue weighted by Gasteiger charge is -2.57. The van der Waals surface area contributed by atoms with Gasteiger partial charge in [0.1, 0.15) is 0 Å². The van der Waals surface area contributed by atoms with Crippen LogP contribution in [0.25, 0.3) is 0 Å². The van der Waals surface area contributed by atoms with E-state index in [1.807, 2.05) is 0 Å². The Morgan fingerprint density at radius 1 is 1.11 bits per heavy atom. The van der Waals surface area contributed by atoms with Gasteiger partial charge in [-0.05, 0) is 73.8 Å². The molecule has 0 unspecified atom stereocenters. The van der Waals surface area contributed by atoms with Gasteiger partial charge in [-0.3, -0.25) is 14.4 Å². The third-order valence-electron chi connectivity index (χ3n) is 8.56. The number of ketones is 2. The first kappa shape index (κ1) is 19.9. The van der Waals surface area contributed by atoms with Crippen molar-refractivity contribution in [3.8, 4) is 0 Å². The van der Waals surface area contributed by atoms with Crippen LogP contribution in [-0.2, 0) is 19.1 Å². The summed E-state index contributed by atoms with van der Waals surface area (Å²) in [5.41, 5.74) is -0.532. The van der Waals surface area contributed by atoms with Crippen molar-refractivity contribution in [1.82, 2.24) is 0 Å². The Morgan fingerprint density at radius 2 is 1.79 bits per heavy atom. The third kappa shape index (κ3) is 2.46. The summed E-state index contributed by atoms with van der Waals surface area (Å²) < 4.78 is 5.79. The predicted molar refractivity (Wildman–Crippen MR) is 107 cm³/mol. The van der Waals surface area contributed by atoms with Gasteiger partial charge in [-0.1, -0.05) is 31.5 Å². The number of carbonyl (C=O) groups excluding carboxylic acids is 3. The largest absolute Gasteiger partial charge is 0.451 e. The molecular weight excluding hydrogens is 376 g/mol. The Balaban J connectivity index is 1.79. The minimum Gasteiger partial charge on any atom is -0.451 e. The second-order valence-corrected chi connectivity index (χ2v) is 10.1. The van der Waals surface area contributed by atoms with E-state index in [-0.39, 0.29) is 40.2 Å². The monoisotopic (exact) mass is 404 g/mol. The van der Waals surface area contributed by atoms with E-state index in [4.69, 9.17) is 16.3 Å². The highest BCUT2D eigenvalue weighted by Gasteiger charge is 2.67. The highest BCUT2D eigenvalue weighted by Crippen LogP contribution is 2.68. The van der Waals surface area contributed by atoms with E-state index < -0.39 is 5.60 Å². The average molecular weight is 405 g/mol. The molecule has 0 radical (unpaired) electrons. The van der Waals surface area contributed by atoms with Crippen LogP contribution in [0.2, 0.25) is 0 Å². The SMILES string of the molecule is CC(=O)O[C@]1(C(C)=O)CC[C@@H]2[C@@H]3C=C(Cl)C4=CC(=O)CC[C@]4(C)[C@H]3CC[C@]21C. The molecule has 0 N–H and O–H groups in total. The first-order chi connectivity index (χ1) is 13.0. The number of halogens is 1. The van der Waals surface area contributed by atoms with Crippen LogP contribution in [0, 0.1) is 28.6 Å². The fourth-order valence-corrected chi connectivity index (χ4v) is 7.55. The van der Waals surface area contributed by atoms with Gasteiger partial charge >= 0.3 is 5.97 Å². The molecule has 0 aliphatic heterocycles. The van der Waals surface area contributed by atoms with Gasteiger partial charge in [-0.2, -0.15) is 0 Å². The van der Waals surface area contributed by atoms with Crippen LogP contribution in [0.15, 0.2) is 22.8 Å². The molecule has 28 heavy (non-hydrogen) atoms. The summed E-state index contributed by atoms with van der Waals surface area (Å²) in [4.78, 5) is 36.6. The lowest BCUT2D eigenvalue weighted by Crippen LogP contribution is -2.58. The molecule has 0 aromatic rings. The minimum absolute atomic E-state index is 0.0490. The number of rotatable bonds is 2. The molecule has 0 aromatic carbocycles. The molecule has 5 heteroatoms. The predicted octanol–water partition coefficient (Wildman–Crippen LogP) is 4.75. The second-order valence-electron chi connectivity index (χ2n) is 9.72. The normalized spacial score (nSPS) is 44.6. The van der Waals surface area contributed by atoms with Gasteiger partial charge in [0.15, 0.2) is 17.2 Å². The summed E-state index contributed by atoms with van der Waals surface area (Å²) in [6.45, 7) is 7.33. The number of hydrogen-bond acceptors (Lipinski definition) is 4. The second kappa shape index (κ2) is 6.29. The summed E-state index contributed by atoms with van der Waals surface area (Å²) in [6.07, 6.45) is 8.48. The van der Waals surface area contributed by atoms with Crippen molar-refractivity contribution in [2.24, 2.45) is 28.6 Å². The first-order valence-corrected chi connectivity index (χ1v) is 10.8. The van der Waals surface area contributed by atoms with E-state index in [1.165, 1.54) is 6.92 Å². The summed E-state index contributed by atoms with van der Waals surface area (Å²) in [5, 5.41) is 0.689. The zero-order chi connectivity index (χ0) is 20.5. The van der Waals surface area contributed by atoms with E-state index in [0.717, 1.165) is 31.3 Å². The van der Waals surface area contributed by atoms with Crippen molar-refractivity contribution in [2.75, 3.05) is 0 Å². The summed E-state index contributed by atoms with van der Waals surface area (Å²) in [5.74, 6) is 0.584. The first-order valence-electron chi connectivity index (χ1n) is 10.4. The molecule has 0 aromatic heterocycles. The van der Waals surface area contributed by atoms with E-state index in [1.54, 1.807) is 13.0 Å². The molecule has 4 nitrogen and oxygen atoms in total. The molecule has 0 spiro atoms. The molecule has 4 aliphatic carbocycles. The Hall–Kier alpha value is -1.42. The van der Waals surface area contributed by atoms with Gasteiger partial charge in [-0.25, -0.2) is 0 Å². The fourth-order valence-electron chi connectivity index (χ4n) is 7.13. The van der Waals surface area contributed by atoms with Crippen LogP contribution in [0.5, 0.6) is 0 Å². The maximum Gasteiger partial charge on any atom is 0.303 e. The van der Waals surface area contributed by atoms with Gasteiger partial charge in [-0.15, -0.1) is 0 Å². The Kier molecular flexibility index (Phi) is 4.46. The van der Waals surface area contributed by atoms with E-state index in [9.17, 15) is 14.4 Å². The van der Waals surface area contributed by atoms with Crippen molar-refractivity contribution >= 4 is 29.1 Å². The van der Waals surface area contributed by atoms with Crippen molar-refractivity contribution in [3.05, 3.63) is 22.8 Å². The topological polar surface area (TPSA) is 60.4 Å². The number of Topliss-reactive ketones (excluding diaryl/α,β-unsaturated/α-hetero) is 1. The van der Waals surface area contributed by atoms with E-state index in [2.05, 4.69) is 19.9 Å². The molecule has 0 amide bonds. The van der Waals surface area contributed by atoms with Crippen molar-refractivity contribution in [1.29, 1.82) is 0 Å². The van der Waals surface area contributed by atoms with Crippen LogP contribution >= 0.6 is 11.6 Å². The number of hydrogen-bond donors (Lipinski definition) is 0. The number of allylic oxidation sites excluding steroid dienone is 4. The summed E-state index contributed by atoms with van der Waals surface area (Å²) in [7, 11) is 0. The maximum absolute atomic E-state index is 12.7. The quantitative estimate of drug-likeness (QED) is 0.623. The van der Waals surface area contributed by atoms with Crippen molar-refractivity contribution in [2.45, 2.75) is 71.8 Å². The molecule has 0 saturated heterocycles. The Bertz CT molecular complexity index is 826. The third-order valence-corrected chi connectivity index (χ3v) is 8.89. The molecule has 152 valence electrons. The van der Waals surface area contributed by atoms with E-state index in [0.29, 0.717) is 23.8 Å². The molecule has 4 aliphatic rings. The Labute approximate surface area is 171 Å². The number of ether oxygens (including phenoxy) is 1. The minimum atomic E-state index is -1.03. The standard InChI is InChI=1S/C23H29ClO4/c1-13(25)23(28-14(2)26)10-7-18-16-12-20(24)19-11-15(27)5-8-21(19,3)17(16)6-9-22(18,23)4/h11-12,16-18H,5-10H2,1-4H3/t16-,17+,18-,21-,22-,23+/m1/s1. The molecule has 4 rings (SSSR count).